The van der Waals surface area contributed by atoms with Crippen LogP contribution in [0.15, 0.2) is 12.2 Å². The molecular weight excluding hydrogens is 542 g/mol. The van der Waals surface area contributed by atoms with E-state index >= 15 is 0 Å². The van der Waals surface area contributed by atoms with Crippen LogP contribution < -0.4 is 0 Å². The molecule has 0 aliphatic heterocycles. The van der Waals surface area contributed by atoms with Gasteiger partial charge in [0.25, 0.3) is 0 Å². The minimum absolute atomic E-state index is 0.330. The molecule has 0 radical (unpaired) electrons. The van der Waals surface area contributed by atoms with Crippen LogP contribution in [0.4, 0.5) is 0 Å². The molecule has 0 amide bonds. The Balaban J connectivity index is 4.43. The Hall–Kier alpha value is 0.277. The second-order valence-corrected chi connectivity index (χ2v) is 22.1. The summed E-state index contributed by atoms with van der Waals surface area (Å²) in [6, 6.07) is 0. The van der Waals surface area contributed by atoms with Gasteiger partial charge >= 0.3 is 177 Å². The van der Waals surface area contributed by atoms with Crippen molar-refractivity contribution in [3.05, 3.63) is 12.2 Å². The van der Waals surface area contributed by atoms with Crippen molar-refractivity contribution in [1.82, 2.24) is 0 Å². The van der Waals surface area contributed by atoms with Crippen LogP contribution in [0, 0.1) is 0 Å². The van der Waals surface area contributed by atoms with E-state index in [2.05, 4.69) is 27.7 Å². The van der Waals surface area contributed by atoms with Crippen molar-refractivity contribution < 1.29 is 15.7 Å². The van der Waals surface area contributed by atoms with E-state index in [9.17, 15) is 9.59 Å². The first-order valence-electron chi connectivity index (χ1n) is 10.7. The average Bonchev–Trinajstić information content (AvgIpc) is 2.64. The Labute approximate surface area is 176 Å². The predicted molar refractivity (Wildman–Crippen MR) is 114 cm³/mol. The maximum absolute atomic E-state index is 12.1. The zero-order valence-corrected chi connectivity index (χ0v) is 24.0. The van der Waals surface area contributed by atoms with Gasteiger partial charge in [0.15, 0.2) is 0 Å². The molecule has 0 unspecified atom stereocenters. The van der Waals surface area contributed by atoms with Crippen LogP contribution >= 0.6 is 0 Å². The van der Waals surface area contributed by atoms with Crippen LogP contribution in [0.3, 0.4) is 0 Å². The van der Waals surface area contributed by atoms with Gasteiger partial charge in [0.2, 0.25) is 0 Å². The minimum atomic E-state index is -2.23. The van der Waals surface area contributed by atoms with E-state index in [4.69, 9.17) is 6.15 Å². The van der Waals surface area contributed by atoms with Gasteiger partial charge in [-0.3, -0.25) is 0 Å². The topological polar surface area (TPSA) is 52.6 Å². The molecule has 0 aromatic carbocycles. The molecule has 26 heavy (non-hydrogen) atoms. The quantitative estimate of drug-likeness (QED) is 0.184. The summed E-state index contributed by atoms with van der Waals surface area (Å²) in [4.78, 5) is 24.1. The molecule has 0 fully saturated rings. The molecule has 0 aromatic rings. The van der Waals surface area contributed by atoms with Gasteiger partial charge in [-0.15, -0.1) is 0 Å². The van der Waals surface area contributed by atoms with E-state index in [-0.39, 0.29) is 11.9 Å². The van der Waals surface area contributed by atoms with Crippen molar-refractivity contribution in [3.63, 3.8) is 0 Å². The SMILES string of the molecule is CCC[CH2][SnH]([CH2]CCC)[O]C(=O)/C=C/C(=O)[O][SnH]([CH2]CCC)[CH2]CCC. The summed E-state index contributed by atoms with van der Waals surface area (Å²) in [5.74, 6) is -0.660. The summed E-state index contributed by atoms with van der Waals surface area (Å²) in [5, 5.41) is 0. The fourth-order valence-electron chi connectivity index (χ4n) is 2.79. The Morgan fingerprint density at radius 1 is 0.615 bits per heavy atom. The molecule has 4 nitrogen and oxygen atoms in total. The fraction of sp³-hybridized carbons (Fsp3) is 0.800. The van der Waals surface area contributed by atoms with E-state index in [0.29, 0.717) is 0 Å². The number of unbranched alkanes of at least 4 members (excludes halogenated alkanes) is 4. The van der Waals surface area contributed by atoms with E-state index in [0.717, 1.165) is 69.1 Å². The van der Waals surface area contributed by atoms with Crippen LogP contribution in [0.1, 0.15) is 79.1 Å². The van der Waals surface area contributed by atoms with Crippen LogP contribution in [0.25, 0.3) is 0 Å². The van der Waals surface area contributed by atoms with Gasteiger partial charge in [0, 0.05) is 0 Å². The van der Waals surface area contributed by atoms with Gasteiger partial charge in [-0.05, 0) is 0 Å². The first kappa shape index (κ1) is 26.3. The summed E-state index contributed by atoms with van der Waals surface area (Å²) in [6.07, 6.45) is 11.8. The number of hydrogen-bond donors (Lipinski definition) is 0. The Morgan fingerprint density at radius 3 is 1.12 bits per heavy atom. The molecule has 0 aliphatic carbocycles. The van der Waals surface area contributed by atoms with Crippen molar-refractivity contribution >= 4 is 52.3 Å². The molecule has 0 aliphatic rings. The second-order valence-electron chi connectivity index (χ2n) is 7.02. The molecule has 152 valence electrons. The van der Waals surface area contributed by atoms with E-state index in [1.165, 1.54) is 12.2 Å². The molecule has 0 saturated heterocycles. The van der Waals surface area contributed by atoms with E-state index < -0.39 is 40.3 Å². The summed E-state index contributed by atoms with van der Waals surface area (Å²) in [7, 11) is 0. The third kappa shape index (κ3) is 15.3. The summed E-state index contributed by atoms with van der Waals surface area (Å²) in [5.41, 5.74) is 0. The fourth-order valence-corrected chi connectivity index (χ4v) is 18.0. The van der Waals surface area contributed by atoms with Gasteiger partial charge in [0.1, 0.15) is 0 Å². The molecule has 0 saturated carbocycles. The molecular formula is C20H40O4Sn2. The first-order valence-corrected chi connectivity index (χ1v) is 22.7. The number of hydrogen-bond acceptors (Lipinski definition) is 4. The number of carbonyl (C=O) groups is 2. The third-order valence-corrected chi connectivity index (χ3v) is 19.7. The third-order valence-electron chi connectivity index (χ3n) is 4.44. The van der Waals surface area contributed by atoms with Gasteiger partial charge in [-0.2, -0.15) is 0 Å². The van der Waals surface area contributed by atoms with Crippen molar-refractivity contribution in [2.75, 3.05) is 0 Å². The maximum atomic E-state index is 12.1. The van der Waals surface area contributed by atoms with Crippen molar-refractivity contribution in [2.24, 2.45) is 0 Å². The Kier molecular flexibility index (Phi) is 18.8. The molecule has 0 aromatic heterocycles. The standard InChI is InChI=1S/C4H4O4.4C4H9.2Sn.2H/c5-3(6)1-2-4(7)8;4*1-3-4-2;;;;/h1-2H,(H,5,6)(H,7,8);4*1,3-4H2,2H3;;;;/q;;;;;2*+1;;/p-2/b2-1+;;;;;;;;. The van der Waals surface area contributed by atoms with Crippen LogP contribution in [0.5, 0.6) is 0 Å². The molecule has 0 rings (SSSR count). The van der Waals surface area contributed by atoms with Gasteiger partial charge in [-0.25, -0.2) is 0 Å². The average molecular weight is 582 g/mol. The summed E-state index contributed by atoms with van der Waals surface area (Å²) in [6.45, 7) is 8.67. The van der Waals surface area contributed by atoms with Crippen LogP contribution in [0.2, 0.25) is 17.7 Å². The normalized spacial score (nSPS) is 11.5. The molecule has 0 atom stereocenters. The Bertz CT molecular complexity index is 347. The van der Waals surface area contributed by atoms with E-state index in [1.807, 2.05) is 0 Å². The number of rotatable bonds is 16. The zero-order chi connectivity index (χ0) is 19.6. The van der Waals surface area contributed by atoms with Gasteiger partial charge < -0.3 is 0 Å². The molecule has 0 heterocycles. The van der Waals surface area contributed by atoms with Crippen LogP contribution in [-0.4, -0.2) is 52.3 Å². The van der Waals surface area contributed by atoms with Crippen LogP contribution in [-0.2, 0) is 15.7 Å². The zero-order valence-electron chi connectivity index (χ0n) is 17.4. The van der Waals surface area contributed by atoms with E-state index in [1.54, 1.807) is 0 Å². The molecule has 6 heteroatoms. The van der Waals surface area contributed by atoms with Gasteiger partial charge in [-0.1, -0.05) is 0 Å². The summed E-state index contributed by atoms with van der Waals surface area (Å²) >= 11 is -4.47. The summed E-state index contributed by atoms with van der Waals surface area (Å²) < 4.78 is 15.9. The number of carbonyl (C=O) groups excluding carboxylic acids is 2. The monoisotopic (exact) mass is 584 g/mol. The Morgan fingerprint density at radius 2 is 0.885 bits per heavy atom. The molecule has 0 N–H and O–H groups in total. The molecule has 0 spiro atoms. The van der Waals surface area contributed by atoms with Crippen molar-refractivity contribution in [1.29, 1.82) is 0 Å². The molecule has 0 bridgehead atoms. The first-order chi connectivity index (χ1) is 12.6. The van der Waals surface area contributed by atoms with Gasteiger partial charge in [0.05, 0.1) is 0 Å². The second kappa shape index (κ2) is 18.6. The predicted octanol–water partition coefficient (Wildman–Crippen LogP) is 5.28. The van der Waals surface area contributed by atoms with Crippen molar-refractivity contribution in [2.45, 2.75) is 96.8 Å². The van der Waals surface area contributed by atoms with Crippen molar-refractivity contribution in [3.8, 4) is 0 Å².